The summed E-state index contributed by atoms with van der Waals surface area (Å²) in [5.74, 6) is -0.302. The molecule has 1 amide bonds. The van der Waals surface area contributed by atoms with Crippen LogP contribution < -0.4 is 16.1 Å². The molecule has 0 spiro atoms. The Balaban J connectivity index is 1.35. The number of amides is 1. The third-order valence-electron chi connectivity index (χ3n) is 5.23. The van der Waals surface area contributed by atoms with Crippen molar-refractivity contribution < 1.29 is 27.5 Å². The molecule has 7 nitrogen and oxygen atoms in total. The number of halogens is 3. The molecule has 172 valence electrons. The minimum Gasteiger partial charge on any atom is -0.377 e. The van der Waals surface area contributed by atoms with Crippen LogP contribution in [0.3, 0.4) is 0 Å². The first-order valence-corrected chi connectivity index (χ1v) is 10.8. The van der Waals surface area contributed by atoms with Crippen molar-refractivity contribution >= 4 is 22.9 Å². The Kier molecular flexibility index (Phi) is 6.82. The zero-order valence-electron chi connectivity index (χ0n) is 17.0. The first-order valence-electron chi connectivity index (χ1n) is 10.0. The van der Waals surface area contributed by atoms with Gasteiger partial charge < -0.3 is 15.0 Å². The van der Waals surface area contributed by atoms with Crippen LogP contribution in [0.4, 0.5) is 13.2 Å². The van der Waals surface area contributed by atoms with Crippen LogP contribution in [0.2, 0.25) is 0 Å². The van der Waals surface area contributed by atoms with Gasteiger partial charge in [-0.1, -0.05) is 36.9 Å². The number of rotatable bonds is 6. The zero-order valence-corrected chi connectivity index (χ0v) is 17.8. The van der Waals surface area contributed by atoms with Gasteiger partial charge in [-0.25, -0.2) is 0 Å². The number of hydrogen-bond acceptors (Lipinski definition) is 7. The van der Waals surface area contributed by atoms with Gasteiger partial charge in [-0.3, -0.25) is 14.9 Å². The molecule has 3 atom stereocenters. The zero-order chi connectivity index (χ0) is 22.7. The van der Waals surface area contributed by atoms with Gasteiger partial charge in [-0.05, 0) is 17.7 Å². The Morgan fingerprint density at radius 2 is 2.03 bits per heavy atom. The van der Waals surface area contributed by atoms with Crippen LogP contribution >= 0.6 is 11.3 Å². The Morgan fingerprint density at radius 3 is 2.75 bits per heavy atom. The van der Waals surface area contributed by atoms with Gasteiger partial charge in [0.25, 0.3) is 5.91 Å². The summed E-state index contributed by atoms with van der Waals surface area (Å²) in [5, 5.41) is 5.20. The van der Waals surface area contributed by atoms with Gasteiger partial charge in [0.1, 0.15) is 6.17 Å². The summed E-state index contributed by atoms with van der Waals surface area (Å²) < 4.78 is 43.8. The van der Waals surface area contributed by atoms with Crippen LogP contribution in [0.1, 0.15) is 26.3 Å². The minimum absolute atomic E-state index is 0.0843. The fourth-order valence-corrected chi connectivity index (χ4v) is 4.49. The molecular formula is C21H23F3N4O3S. The second-order valence-corrected chi connectivity index (χ2v) is 8.52. The van der Waals surface area contributed by atoms with Crippen molar-refractivity contribution in [3.05, 3.63) is 64.4 Å². The van der Waals surface area contributed by atoms with Gasteiger partial charge in [0.2, 0.25) is 6.23 Å². The molecule has 2 aliphatic rings. The summed E-state index contributed by atoms with van der Waals surface area (Å²) in [6.07, 6.45) is -7.47. The number of hydrogen-bond donors (Lipinski definition) is 3. The van der Waals surface area contributed by atoms with Crippen molar-refractivity contribution in [2.75, 3.05) is 26.3 Å². The van der Waals surface area contributed by atoms with E-state index in [0.29, 0.717) is 36.1 Å². The van der Waals surface area contributed by atoms with Crippen LogP contribution in [0.15, 0.2) is 49.0 Å². The van der Waals surface area contributed by atoms with Crippen LogP contribution in [0.5, 0.6) is 0 Å². The molecule has 3 N–H and O–H groups in total. The highest BCUT2D eigenvalue weighted by atomic mass is 32.1. The summed E-state index contributed by atoms with van der Waals surface area (Å²) in [6.45, 7) is 6.25. The fraction of sp³-hybridized carbons (Fsp3) is 0.381. The van der Waals surface area contributed by atoms with E-state index in [4.69, 9.17) is 4.74 Å². The predicted molar refractivity (Wildman–Crippen MR) is 113 cm³/mol. The summed E-state index contributed by atoms with van der Waals surface area (Å²) in [6, 6.07) is 12.9. The molecule has 32 heavy (non-hydrogen) atoms. The Bertz CT molecular complexity index is 953. The average molecular weight is 469 g/mol. The lowest BCUT2D eigenvalue weighted by atomic mass is 10.1. The van der Waals surface area contributed by atoms with E-state index in [-0.39, 0.29) is 11.9 Å². The summed E-state index contributed by atoms with van der Waals surface area (Å²) >= 11 is 1.09. The van der Waals surface area contributed by atoms with E-state index in [2.05, 4.69) is 32.4 Å². The fourth-order valence-electron chi connectivity index (χ4n) is 3.56. The molecule has 0 saturated carbocycles. The van der Waals surface area contributed by atoms with Crippen molar-refractivity contribution in [1.29, 1.82) is 0 Å². The third kappa shape index (κ3) is 5.13. The highest BCUT2D eigenvalue weighted by molar-refractivity contribution is 7.14. The van der Waals surface area contributed by atoms with Crippen molar-refractivity contribution in [3.63, 3.8) is 0 Å². The van der Waals surface area contributed by atoms with Crippen LogP contribution in [-0.4, -0.2) is 55.6 Å². The Hall–Kier alpha value is -2.44. The maximum absolute atomic E-state index is 12.7. The standard InChI is InChI=1S/C21H23F3N4O3S/c1-13(14-5-3-2-4-6-14)28-9-10-30-12-15(28)11-25-19(29)17-8-7-16(32-17)18-26-20(31-27-18)21(22,23)24/h2-8,15,18,20,26-27H,1,9-12H2,(H,25,29). The smallest absolute Gasteiger partial charge is 0.377 e. The van der Waals surface area contributed by atoms with Crippen molar-refractivity contribution in [2.45, 2.75) is 24.6 Å². The molecule has 3 unspecified atom stereocenters. The van der Waals surface area contributed by atoms with Gasteiger partial charge >= 0.3 is 6.18 Å². The second-order valence-electron chi connectivity index (χ2n) is 7.40. The normalized spacial score (nSPS) is 23.8. The second kappa shape index (κ2) is 9.59. The molecule has 2 aromatic rings. The van der Waals surface area contributed by atoms with Crippen molar-refractivity contribution in [2.24, 2.45) is 0 Å². The summed E-state index contributed by atoms with van der Waals surface area (Å²) in [4.78, 5) is 20.2. The largest absolute Gasteiger partial charge is 0.430 e. The summed E-state index contributed by atoms with van der Waals surface area (Å²) in [5.41, 5.74) is 4.18. The van der Waals surface area contributed by atoms with Gasteiger partial charge in [0, 0.05) is 23.7 Å². The first-order chi connectivity index (χ1) is 15.3. The molecule has 0 radical (unpaired) electrons. The van der Waals surface area contributed by atoms with Gasteiger partial charge in [0.15, 0.2) is 0 Å². The first kappa shape index (κ1) is 22.7. The number of thiophene rings is 1. The molecule has 2 fully saturated rings. The van der Waals surface area contributed by atoms with Crippen LogP contribution in [-0.2, 0) is 9.57 Å². The molecule has 2 saturated heterocycles. The third-order valence-corrected chi connectivity index (χ3v) is 6.38. The number of carbonyl (C=O) groups excluding carboxylic acids is 1. The van der Waals surface area contributed by atoms with E-state index in [1.807, 2.05) is 30.3 Å². The quantitative estimate of drug-likeness (QED) is 0.606. The van der Waals surface area contributed by atoms with E-state index in [1.54, 1.807) is 12.1 Å². The number of nitrogens with zero attached hydrogens (tertiary/aromatic N) is 1. The molecule has 11 heteroatoms. The van der Waals surface area contributed by atoms with Crippen molar-refractivity contribution in [1.82, 2.24) is 21.0 Å². The average Bonchev–Trinajstić information content (AvgIpc) is 3.47. The lowest BCUT2D eigenvalue weighted by molar-refractivity contribution is -0.224. The molecule has 3 heterocycles. The Labute approximate surface area is 187 Å². The van der Waals surface area contributed by atoms with Crippen molar-refractivity contribution in [3.8, 4) is 0 Å². The maximum atomic E-state index is 12.7. The molecule has 1 aromatic carbocycles. The van der Waals surface area contributed by atoms with E-state index in [1.165, 1.54) is 0 Å². The van der Waals surface area contributed by atoms with Crippen LogP contribution in [0, 0.1) is 0 Å². The van der Waals surface area contributed by atoms with E-state index in [9.17, 15) is 18.0 Å². The van der Waals surface area contributed by atoms with Gasteiger partial charge in [0.05, 0.1) is 24.1 Å². The SMILES string of the molecule is C=C(c1ccccc1)N1CCOCC1CNC(=O)c1ccc(C2NOC(C(F)(F)F)N2)s1. The van der Waals surface area contributed by atoms with Crippen LogP contribution in [0.25, 0.3) is 5.70 Å². The molecule has 0 aliphatic carbocycles. The molecular weight excluding hydrogens is 445 g/mol. The molecule has 2 aliphatic heterocycles. The predicted octanol–water partition coefficient (Wildman–Crippen LogP) is 2.86. The highest BCUT2D eigenvalue weighted by Gasteiger charge is 2.46. The van der Waals surface area contributed by atoms with Gasteiger partial charge in [-0.2, -0.15) is 18.7 Å². The topological polar surface area (TPSA) is 74.9 Å². The lowest BCUT2D eigenvalue weighted by Gasteiger charge is -2.38. The van der Waals surface area contributed by atoms with E-state index >= 15 is 0 Å². The van der Waals surface area contributed by atoms with Gasteiger partial charge in [-0.15, -0.1) is 11.3 Å². The maximum Gasteiger partial charge on any atom is 0.430 e. The number of hydroxylamine groups is 1. The molecule has 4 rings (SSSR count). The highest BCUT2D eigenvalue weighted by Crippen LogP contribution is 2.30. The minimum atomic E-state index is -4.53. The van der Waals surface area contributed by atoms with E-state index < -0.39 is 18.6 Å². The molecule has 1 aromatic heterocycles. The number of nitrogens with one attached hydrogen (secondary N) is 3. The molecule has 0 bridgehead atoms. The number of carbonyl (C=O) groups is 1. The monoisotopic (exact) mass is 468 g/mol. The van der Waals surface area contributed by atoms with E-state index in [0.717, 1.165) is 22.6 Å². The number of benzene rings is 1. The number of ether oxygens (including phenoxy) is 1. The Morgan fingerprint density at radius 1 is 1.25 bits per heavy atom. The summed E-state index contributed by atoms with van der Waals surface area (Å²) in [7, 11) is 0. The number of alkyl halides is 3. The lowest BCUT2D eigenvalue weighted by Crippen LogP contribution is -2.50. The number of morpholine rings is 1.